The Kier molecular flexibility index (Phi) is 12.7. The zero-order valence-corrected chi connectivity index (χ0v) is 16.7. The fourth-order valence-corrected chi connectivity index (χ4v) is 2.67. The molecule has 7 heteroatoms. The number of ether oxygens (including phenoxy) is 2. The van der Waals surface area contributed by atoms with Crippen molar-refractivity contribution >= 4 is 5.96 Å². The van der Waals surface area contributed by atoms with Crippen LogP contribution < -0.4 is 10.6 Å². The summed E-state index contributed by atoms with van der Waals surface area (Å²) in [7, 11) is 3.99. The molecule has 0 spiro atoms. The van der Waals surface area contributed by atoms with Crippen molar-refractivity contribution < 1.29 is 9.47 Å². The van der Waals surface area contributed by atoms with Crippen LogP contribution in [0, 0.1) is 0 Å². The summed E-state index contributed by atoms with van der Waals surface area (Å²) in [6.07, 6.45) is 2.29. The molecule has 1 atom stereocenters. The SMILES string of the molecule is CCCCOCCOCCNC(=NC)NCC(C)N1CCN(C)CC1. The minimum atomic E-state index is 0.503. The van der Waals surface area contributed by atoms with Crippen molar-refractivity contribution in [3.05, 3.63) is 0 Å². The van der Waals surface area contributed by atoms with Crippen LogP contribution in [0.5, 0.6) is 0 Å². The molecule has 1 saturated heterocycles. The minimum absolute atomic E-state index is 0.503. The quantitative estimate of drug-likeness (QED) is 0.303. The highest BCUT2D eigenvalue weighted by Crippen LogP contribution is 2.03. The Morgan fingerprint density at radius 3 is 2.36 bits per heavy atom. The summed E-state index contributed by atoms with van der Waals surface area (Å²) in [6, 6.07) is 0.503. The van der Waals surface area contributed by atoms with Gasteiger partial charge in [0.1, 0.15) is 0 Å². The van der Waals surface area contributed by atoms with Crippen LogP contribution in [0.25, 0.3) is 0 Å². The molecule has 0 bridgehead atoms. The van der Waals surface area contributed by atoms with Crippen LogP contribution >= 0.6 is 0 Å². The molecule has 0 aliphatic carbocycles. The van der Waals surface area contributed by atoms with Gasteiger partial charge in [0, 0.05) is 59.0 Å². The summed E-state index contributed by atoms with van der Waals surface area (Å²) in [4.78, 5) is 9.18. The molecule has 0 aromatic carbocycles. The Morgan fingerprint density at radius 2 is 1.72 bits per heavy atom. The fourth-order valence-electron chi connectivity index (χ4n) is 2.67. The lowest BCUT2D eigenvalue weighted by Gasteiger charge is -2.36. The molecule has 7 nitrogen and oxygen atoms in total. The van der Waals surface area contributed by atoms with Crippen molar-refractivity contribution in [1.82, 2.24) is 20.4 Å². The zero-order chi connectivity index (χ0) is 18.3. The topological polar surface area (TPSA) is 61.4 Å². The molecule has 1 aliphatic rings. The van der Waals surface area contributed by atoms with E-state index >= 15 is 0 Å². The van der Waals surface area contributed by atoms with E-state index in [0.29, 0.717) is 25.9 Å². The summed E-state index contributed by atoms with van der Waals surface area (Å²) in [6.45, 7) is 13.5. The number of hydrogen-bond donors (Lipinski definition) is 2. The van der Waals surface area contributed by atoms with E-state index in [1.54, 1.807) is 7.05 Å². The van der Waals surface area contributed by atoms with Crippen molar-refractivity contribution in [3.8, 4) is 0 Å². The minimum Gasteiger partial charge on any atom is -0.379 e. The van der Waals surface area contributed by atoms with Crippen molar-refractivity contribution in [1.29, 1.82) is 0 Å². The zero-order valence-electron chi connectivity index (χ0n) is 16.7. The molecule has 1 aliphatic heterocycles. The van der Waals surface area contributed by atoms with Gasteiger partial charge < -0.3 is 25.0 Å². The number of likely N-dealkylation sites (N-methyl/N-ethyl adjacent to an activating group) is 1. The number of nitrogens with one attached hydrogen (secondary N) is 2. The van der Waals surface area contributed by atoms with Gasteiger partial charge in [0.15, 0.2) is 5.96 Å². The van der Waals surface area contributed by atoms with Gasteiger partial charge in [0.2, 0.25) is 0 Å². The molecule has 148 valence electrons. The van der Waals surface area contributed by atoms with Gasteiger partial charge in [0.25, 0.3) is 0 Å². The van der Waals surface area contributed by atoms with Gasteiger partial charge in [-0.3, -0.25) is 9.89 Å². The Hall–Kier alpha value is -0.890. The standard InChI is InChI=1S/C18H39N5O2/c1-5-6-12-24-14-15-25-13-7-20-18(19-3)21-16-17(2)23-10-8-22(4)9-11-23/h17H,5-16H2,1-4H3,(H2,19,20,21). The van der Waals surface area contributed by atoms with Crippen LogP contribution in [0.3, 0.4) is 0 Å². The number of guanidine groups is 1. The number of hydrogen-bond acceptors (Lipinski definition) is 5. The average Bonchev–Trinajstić information content (AvgIpc) is 2.63. The van der Waals surface area contributed by atoms with Gasteiger partial charge in [-0.1, -0.05) is 13.3 Å². The van der Waals surface area contributed by atoms with Gasteiger partial charge in [-0.2, -0.15) is 0 Å². The molecule has 1 fully saturated rings. The molecule has 0 amide bonds. The van der Waals surface area contributed by atoms with Gasteiger partial charge in [-0.15, -0.1) is 0 Å². The lowest BCUT2D eigenvalue weighted by molar-refractivity contribution is 0.0487. The second kappa shape index (κ2) is 14.3. The van der Waals surface area contributed by atoms with E-state index < -0.39 is 0 Å². The average molecular weight is 358 g/mol. The van der Waals surface area contributed by atoms with Crippen LogP contribution in [0.2, 0.25) is 0 Å². The first-order chi connectivity index (χ1) is 12.2. The van der Waals surface area contributed by atoms with Gasteiger partial charge in [-0.05, 0) is 20.4 Å². The summed E-state index contributed by atoms with van der Waals surface area (Å²) in [5.74, 6) is 0.837. The molecule has 25 heavy (non-hydrogen) atoms. The highest BCUT2D eigenvalue weighted by Gasteiger charge is 2.18. The van der Waals surface area contributed by atoms with E-state index in [0.717, 1.165) is 58.3 Å². The first-order valence-electron chi connectivity index (χ1n) is 9.70. The Labute approximate surface area is 154 Å². The number of unbranched alkanes of at least 4 members (excludes halogenated alkanes) is 1. The van der Waals surface area contributed by atoms with Crippen LogP contribution in [-0.4, -0.2) is 102 Å². The lowest BCUT2D eigenvalue weighted by atomic mass is 10.2. The largest absolute Gasteiger partial charge is 0.379 e. The molecular formula is C18H39N5O2. The van der Waals surface area contributed by atoms with E-state index in [1.807, 2.05) is 0 Å². The van der Waals surface area contributed by atoms with Crippen molar-refractivity contribution in [2.45, 2.75) is 32.7 Å². The maximum atomic E-state index is 5.56. The molecule has 0 saturated carbocycles. The smallest absolute Gasteiger partial charge is 0.191 e. The number of nitrogens with zero attached hydrogens (tertiary/aromatic N) is 3. The molecule has 1 unspecified atom stereocenters. The Bertz CT molecular complexity index is 346. The van der Waals surface area contributed by atoms with E-state index in [9.17, 15) is 0 Å². The second-order valence-corrected chi connectivity index (χ2v) is 6.65. The molecule has 0 aromatic heterocycles. The van der Waals surface area contributed by atoms with E-state index in [4.69, 9.17) is 9.47 Å². The number of aliphatic imine (C=N–C) groups is 1. The van der Waals surface area contributed by atoms with Crippen LogP contribution in [0.15, 0.2) is 4.99 Å². The van der Waals surface area contributed by atoms with E-state index in [1.165, 1.54) is 6.42 Å². The third kappa shape index (κ3) is 10.6. The van der Waals surface area contributed by atoms with E-state index in [2.05, 4.69) is 46.3 Å². The maximum absolute atomic E-state index is 5.56. The van der Waals surface area contributed by atoms with Gasteiger partial charge in [-0.25, -0.2) is 0 Å². The Balaban J connectivity index is 2.02. The van der Waals surface area contributed by atoms with Crippen LogP contribution in [0.4, 0.5) is 0 Å². The normalized spacial score (nSPS) is 18.3. The Morgan fingerprint density at radius 1 is 1.04 bits per heavy atom. The molecule has 2 N–H and O–H groups in total. The summed E-state index contributed by atoms with van der Waals surface area (Å²) in [5, 5.41) is 6.70. The first-order valence-corrected chi connectivity index (χ1v) is 9.70. The molecular weight excluding hydrogens is 318 g/mol. The van der Waals surface area contributed by atoms with E-state index in [-0.39, 0.29) is 0 Å². The molecule has 0 aromatic rings. The summed E-state index contributed by atoms with van der Waals surface area (Å²) < 4.78 is 11.0. The van der Waals surface area contributed by atoms with Crippen LogP contribution in [0.1, 0.15) is 26.7 Å². The summed E-state index contributed by atoms with van der Waals surface area (Å²) >= 11 is 0. The summed E-state index contributed by atoms with van der Waals surface area (Å²) in [5.41, 5.74) is 0. The predicted molar refractivity (Wildman–Crippen MR) is 104 cm³/mol. The molecule has 1 rings (SSSR count). The molecule has 1 heterocycles. The van der Waals surface area contributed by atoms with Crippen molar-refractivity contribution in [3.63, 3.8) is 0 Å². The molecule has 0 radical (unpaired) electrons. The van der Waals surface area contributed by atoms with Crippen molar-refractivity contribution in [2.24, 2.45) is 4.99 Å². The number of rotatable bonds is 12. The second-order valence-electron chi connectivity index (χ2n) is 6.65. The highest BCUT2D eigenvalue weighted by atomic mass is 16.5. The predicted octanol–water partition coefficient (Wildman–Crippen LogP) is 0.621. The monoisotopic (exact) mass is 357 g/mol. The third-order valence-electron chi connectivity index (χ3n) is 4.50. The maximum Gasteiger partial charge on any atom is 0.191 e. The first kappa shape index (κ1) is 22.2. The lowest BCUT2D eigenvalue weighted by Crippen LogP contribution is -2.52. The van der Waals surface area contributed by atoms with Crippen LogP contribution in [-0.2, 0) is 9.47 Å². The third-order valence-corrected chi connectivity index (χ3v) is 4.50. The van der Waals surface area contributed by atoms with Gasteiger partial charge >= 0.3 is 0 Å². The fraction of sp³-hybridized carbons (Fsp3) is 0.944. The van der Waals surface area contributed by atoms with Gasteiger partial charge in [0.05, 0.1) is 19.8 Å². The van der Waals surface area contributed by atoms with Crippen molar-refractivity contribution in [2.75, 3.05) is 79.8 Å². The highest BCUT2D eigenvalue weighted by molar-refractivity contribution is 5.79. The number of piperazine rings is 1.